The summed E-state index contributed by atoms with van der Waals surface area (Å²) in [6.45, 7) is 4.99. The number of hydrogen-bond acceptors (Lipinski definition) is 8. The van der Waals surface area contributed by atoms with E-state index in [9.17, 15) is 41.1 Å². The second-order valence-electron chi connectivity index (χ2n) is 24.5. The van der Waals surface area contributed by atoms with E-state index in [1.54, 1.807) is 13.8 Å². The van der Waals surface area contributed by atoms with Crippen LogP contribution in [0.3, 0.4) is 0 Å². The minimum Gasteiger partial charge on any atom is -0.443 e. The number of halogens is 5. The van der Waals surface area contributed by atoms with E-state index in [4.69, 9.17) is 14.7 Å². The molecule has 2 aliphatic heterocycles. The monoisotopic (exact) mass is 1130 g/mol. The fraction of sp³-hybridized carbons (Fsp3) is 0.524. The Kier molecular flexibility index (Phi) is 15.9. The number of likely N-dealkylation sites (tertiary alicyclic amines) is 2. The van der Waals surface area contributed by atoms with E-state index in [0.29, 0.717) is 25.0 Å². The Hall–Kier alpha value is -7.05. The third kappa shape index (κ3) is 12.1. The Balaban J connectivity index is 0.825. The smallest absolute Gasteiger partial charge is 0.422 e. The molecular weight excluding hydrogens is 1060 g/mol. The zero-order valence-electron chi connectivity index (χ0n) is 47.1. The average Bonchev–Trinajstić information content (AvgIpc) is 4.15. The summed E-state index contributed by atoms with van der Waals surface area (Å²) in [7, 11) is 0. The quantitative estimate of drug-likeness (QED) is 0.0827. The number of carbonyl (C=O) groups excluding carboxylic acids is 4. The van der Waals surface area contributed by atoms with E-state index >= 15 is 0 Å². The fourth-order valence-corrected chi connectivity index (χ4v) is 13.9. The number of aromatic nitrogens is 4. The van der Waals surface area contributed by atoms with E-state index in [-0.39, 0.29) is 47.7 Å². The van der Waals surface area contributed by atoms with Gasteiger partial charge in [-0.05, 0) is 157 Å². The van der Waals surface area contributed by atoms with Crippen molar-refractivity contribution in [1.82, 2.24) is 40.4 Å². The molecule has 14 rings (SSSR count). The highest BCUT2D eigenvalue weighted by Gasteiger charge is 2.50. The number of H-pyrrole nitrogens is 2. The molecule has 8 atom stereocenters. The van der Waals surface area contributed by atoms with Gasteiger partial charge in [0.15, 0.2) is 13.2 Å². The van der Waals surface area contributed by atoms with E-state index in [1.807, 2.05) is 35.8 Å². The Labute approximate surface area is 474 Å². The third-order valence-corrected chi connectivity index (χ3v) is 17.9. The normalized spacial score (nSPS) is 22.7. The van der Waals surface area contributed by atoms with Gasteiger partial charge in [0.1, 0.15) is 23.7 Å². The minimum atomic E-state index is -4.70. The number of aromatic amines is 2. The van der Waals surface area contributed by atoms with Crippen LogP contribution < -0.4 is 10.6 Å². The maximum atomic E-state index is 14.6. The Morgan fingerprint density at radius 3 is 1.43 bits per heavy atom. The van der Waals surface area contributed by atoms with Crippen LogP contribution >= 0.6 is 0 Å². The van der Waals surface area contributed by atoms with Gasteiger partial charge in [0.25, 0.3) is 5.92 Å². The van der Waals surface area contributed by atoms with Crippen molar-refractivity contribution in [3.63, 3.8) is 0 Å². The first kappa shape index (κ1) is 56.8. The van der Waals surface area contributed by atoms with Crippen LogP contribution in [0.2, 0.25) is 0 Å². The maximum Gasteiger partial charge on any atom is 0.422 e. The summed E-state index contributed by atoms with van der Waals surface area (Å²) >= 11 is 0. The zero-order chi connectivity index (χ0) is 57.8. The number of aryl methyl sites for hydroxylation is 4. The van der Waals surface area contributed by atoms with Gasteiger partial charge in [0.2, 0.25) is 11.8 Å². The number of alkyl carbamates (subject to hydrolysis) is 2. The zero-order valence-corrected chi connectivity index (χ0v) is 47.1. The summed E-state index contributed by atoms with van der Waals surface area (Å²) in [6, 6.07) is 23.1. The average molecular weight is 1130 g/mol. The summed E-state index contributed by atoms with van der Waals surface area (Å²) in [4.78, 5) is 75.7. The van der Waals surface area contributed by atoms with Gasteiger partial charge in [-0.3, -0.25) is 9.59 Å². The SMILES string of the molecule is CC(C)[C@H](NC(=O)OCC(C)(F)F)C(=O)N1[C@H](c2nc3ccc(-c4cc5ccc4CCc4ccc(c(-c6ccc7nc([C@@H]8C[C@@H]9CCCC[C@@H]9N8C(=O)[C@@H](NC(=O)OCC(F)(F)F)C(C)C)[nH]c7c6)c4)CC5)cc3[nH]2)C[C@@H]2CCCC[C@@H]21. The van der Waals surface area contributed by atoms with Crippen LogP contribution in [-0.2, 0) is 44.7 Å². The lowest BCUT2D eigenvalue weighted by atomic mass is 9.84. The number of benzene rings is 4. The molecule has 82 heavy (non-hydrogen) atoms. The van der Waals surface area contributed by atoms with Crippen molar-refractivity contribution in [2.45, 2.75) is 173 Å². The molecule has 19 heteroatoms. The molecule has 4 N–H and O–H groups in total. The van der Waals surface area contributed by atoms with E-state index in [2.05, 4.69) is 86.0 Å². The van der Waals surface area contributed by atoms with Crippen molar-refractivity contribution in [3.8, 4) is 22.3 Å². The Morgan fingerprint density at radius 2 is 1.01 bits per heavy atom. The molecule has 0 unspecified atom stereocenters. The predicted octanol–water partition coefficient (Wildman–Crippen LogP) is 13.0. The Morgan fingerprint density at radius 1 is 0.585 bits per heavy atom. The topological polar surface area (TPSA) is 175 Å². The van der Waals surface area contributed by atoms with Gasteiger partial charge in [-0.15, -0.1) is 0 Å². The third-order valence-electron chi connectivity index (χ3n) is 17.9. The van der Waals surface area contributed by atoms with Crippen LogP contribution in [0.25, 0.3) is 44.3 Å². The molecule has 4 bridgehead atoms. The highest BCUT2D eigenvalue weighted by atomic mass is 19.4. The second-order valence-corrected chi connectivity index (χ2v) is 24.5. The number of fused-ring (bicyclic) bond motifs is 4. The van der Waals surface area contributed by atoms with Gasteiger partial charge in [0.05, 0.1) is 34.2 Å². The number of amides is 4. The number of ether oxygens (including phenoxy) is 2. The number of imidazole rings is 2. The first-order valence-electron chi connectivity index (χ1n) is 29.3. The Bertz CT molecular complexity index is 3150. The summed E-state index contributed by atoms with van der Waals surface area (Å²) < 4.78 is 75.3. The van der Waals surface area contributed by atoms with Crippen LogP contribution in [0.5, 0.6) is 0 Å². The number of carbonyl (C=O) groups is 4. The van der Waals surface area contributed by atoms with Crippen LogP contribution in [0, 0.1) is 23.7 Å². The van der Waals surface area contributed by atoms with Crippen molar-refractivity contribution in [3.05, 3.63) is 107 Å². The van der Waals surface area contributed by atoms with Crippen LogP contribution in [-0.4, -0.2) is 103 Å². The molecular formula is C63H73F5N8O6. The van der Waals surface area contributed by atoms with E-state index < -0.39 is 61.5 Å². The summed E-state index contributed by atoms with van der Waals surface area (Å²) in [6.07, 6.45) is 5.10. The molecule has 4 aromatic carbocycles. The molecule has 6 aliphatic carbocycles. The highest BCUT2D eigenvalue weighted by molar-refractivity contribution is 5.89. The van der Waals surface area contributed by atoms with Crippen molar-refractivity contribution >= 4 is 46.1 Å². The molecule has 8 aliphatic rings. The van der Waals surface area contributed by atoms with Gasteiger partial charge >= 0.3 is 18.4 Å². The molecule has 14 nitrogen and oxygen atoms in total. The molecule has 4 fully saturated rings. The molecule has 2 saturated carbocycles. The lowest BCUT2D eigenvalue weighted by molar-refractivity contribution is -0.160. The van der Waals surface area contributed by atoms with Gasteiger partial charge in [-0.1, -0.05) is 102 Å². The van der Waals surface area contributed by atoms with E-state index in [1.165, 1.54) is 22.3 Å². The predicted molar refractivity (Wildman–Crippen MR) is 301 cm³/mol. The number of nitrogens with zero attached hydrogens (tertiary/aromatic N) is 4. The van der Waals surface area contributed by atoms with Crippen molar-refractivity contribution in [2.75, 3.05) is 13.2 Å². The molecule has 2 saturated heterocycles. The van der Waals surface area contributed by atoms with Gasteiger partial charge < -0.3 is 39.9 Å². The van der Waals surface area contributed by atoms with Gasteiger partial charge in [-0.2, -0.15) is 13.2 Å². The molecule has 6 aromatic rings. The number of rotatable bonds is 13. The number of nitrogens with one attached hydrogen (secondary N) is 4. The van der Waals surface area contributed by atoms with Gasteiger partial charge in [-0.25, -0.2) is 28.3 Å². The van der Waals surface area contributed by atoms with Crippen molar-refractivity contribution in [1.29, 1.82) is 0 Å². The molecule has 436 valence electrons. The largest absolute Gasteiger partial charge is 0.443 e. The van der Waals surface area contributed by atoms with Crippen LogP contribution in [0.1, 0.15) is 145 Å². The summed E-state index contributed by atoms with van der Waals surface area (Å²) in [5.74, 6) is -2.77. The second kappa shape index (κ2) is 22.9. The van der Waals surface area contributed by atoms with Crippen LogP contribution in [0.15, 0.2) is 72.8 Å². The summed E-state index contributed by atoms with van der Waals surface area (Å²) in [5, 5.41) is 5.07. The standard InChI is InChI=1S/C63H73F5N8O6/c1-34(2)54(73-60(79)81-32-62(5,64)65)58(77)75-50-12-8-6-10-42(50)30-52(75)56-69-46-24-22-40(28-48(46)71-56)44-26-36-14-18-38(44)19-15-37-17-21-39(20-16-36)45(27-37)41-23-25-47-49(29-41)72-57(70-47)53-31-43-11-7-9-13-51(43)76(53)59(78)55(35(3)4)74-61(80)82-33-63(66,67)68/h14,17-18,21-29,34-35,42-43,50-55H,6-13,15-16,19-20,30-33H2,1-5H3,(H,69,71)(H,70,72)(H,73,79)(H,74,80)/t42-,43-,50-,51-,52-,53-,54-,55-/m0/s1. The molecule has 4 amide bonds. The van der Waals surface area contributed by atoms with E-state index in [0.717, 1.165) is 128 Å². The molecule has 0 spiro atoms. The maximum absolute atomic E-state index is 14.6. The lowest BCUT2D eigenvalue weighted by Crippen LogP contribution is -2.54. The first-order valence-corrected chi connectivity index (χ1v) is 29.3. The highest BCUT2D eigenvalue weighted by Crippen LogP contribution is 2.48. The minimum absolute atomic E-state index is 0.0376. The van der Waals surface area contributed by atoms with Crippen molar-refractivity contribution < 1.29 is 50.6 Å². The number of alkyl halides is 5. The molecule has 0 radical (unpaired) electrons. The lowest BCUT2D eigenvalue weighted by Gasteiger charge is -2.36. The molecule has 2 aromatic heterocycles. The molecule has 4 heterocycles. The fourth-order valence-electron chi connectivity index (χ4n) is 13.9. The van der Waals surface area contributed by atoms with Crippen LogP contribution in [0.4, 0.5) is 31.5 Å². The first-order chi connectivity index (χ1) is 39.1. The summed E-state index contributed by atoms with van der Waals surface area (Å²) in [5.41, 5.74) is 12.4. The van der Waals surface area contributed by atoms with Gasteiger partial charge in [0, 0.05) is 19.0 Å². The van der Waals surface area contributed by atoms with Crippen molar-refractivity contribution in [2.24, 2.45) is 23.7 Å². The number of hydrogen-bond donors (Lipinski definition) is 4.